The molecule has 0 radical (unpaired) electrons. The van der Waals surface area contributed by atoms with Crippen LogP contribution in [-0.4, -0.2) is 62.8 Å². The molecule has 0 saturated heterocycles. The van der Waals surface area contributed by atoms with Crippen LogP contribution >= 0.6 is 0 Å². The average molecular weight is 222 g/mol. The summed E-state index contributed by atoms with van der Waals surface area (Å²) in [6.45, 7) is -1.69. The second kappa shape index (κ2) is 9.94. The molecule has 0 saturated carbocycles. The largest absolute Gasteiger partial charge is 1.00 e. The predicted molar refractivity (Wildman–Crippen MR) is 37.2 cm³/mol. The summed E-state index contributed by atoms with van der Waals surface area (Å²) in [5.74, 6) is -1.00. The normalized spacial score (nSPS) is 15.8. The van der Waals surface area contributed by atoms with E-state index in [1.54, 1.807) is 0 Å². The van der Waals surface area contributed by atoms with Crippen molar-refractivity contribution in [3.63, 3.8) is 0 Å². The number of aliphatic hydroxyl groups is 5. The van der Waals surface area contributed by atoms with Gasteiger partial charge in [-0.05, 0) is 0 Å². The van der Waals surface area contributed by atoms with E-state index in [0.717, 1.165) is 0 Å². The molecule has 6 nitrogen and oxygen atoms in total. The molecule has 0 aromatic carbocycles. The van der Waals surface area contributed by atoms with Gasteiger partial charge in [0.2, 0.25) is 0 Å². The van der Waals surface area contributed by atoms with E-state index in [0.29, 0.717) is 0 Å². The molecule has 0 aliphatic carbocycles. The summed E-state index contributed by atoms with van der Waals surface area (Å²) in [7, 11) is 0. The van der Waals surface area contributed by atoms with Gasteiger partial charge >= 0.3 is 29.6 Å². The standard InChI is InChI=1S/C6H12O6.FH.Na/c7-1-3(9)5(11)6(12)4(10)2-8;;/h3,5-9,11-12H,1-2H2;1H;/q;;+1/p-1/t3-,5+,6+;;/m1../s1. The van der Waals surface area contributed by atoms with E-state index in [1.165, 1.54) is 0 Å². The maximum absolute atomic E-state index is 10.5. The second-order valence-electron chi connectivity index (χ2n) is 2.31. The fourth-order valence-corrected chi connectivity index (χ4v) is 0.602. The molecular weight excluding hydrogens is 210 g/mol. The second-order valence-corrected chi connectivity index (χ2v) is 2.31. The van der Waals surface area contributed by atoms with Gasteiger partial charge in [0.15, 0.2) is 5.78 Å². The number of carbonyl (C=O) groups is 1. The molecule has 0 aromatic heterocycles. The van der Waals surface area contributed by atoms with E-state index in [-0.39, 0.29) is 34.3 Å². The van der Waals surface area contributed by atoms with Crippen molar-refractivity contribution in [2.45, 2.75) is 18.3 Å². The number of aliphatic hydroxyl groups excluding tert-OH is 5. The van der Waals surface area contributed by atoms with Gasteiger partial charge in [0.05, 0.1) is 6.61 Å². The van der Waals surface area contributed by atoms with Crippen LogP contribution in [0.1, 0.15) is 0 Å². The van der Waals surface area contributed by atoms with E-state index in [4.69, 9.17) is 25.5 Å². The molecule has 0 bridgehead atoms. The Balaban J connectivity index is -0.000000605. The summed E-state index contributed by atoms with van der Waals surface area (Å²) in [6.07, 6.45) is -5.22. The quantitative estimate of drug-likeness (QED) is 0.295. The van der Waals surface area contributed by atoms with Crippen molar-refractivity contribution in [3.8, 4) is 0 Å². The summed E-state index contributed by atoms with van der Waals surface area (Å²) in [5, 5.41) is 43.1. The molecule has 5 N–H and O–H groups in total. The third-order valence-electron chi connectivity index (χ3n) is 1.39. The van der Waals surface area contributed by atoms with Gasteiger partial charge in [0, 0.05) is 0 Å². The summed E-state index contributed by atoms with van der Waals surface area (Å²) < 4.78 is 0. The van der Waals surface area contributed by atoms with E-state index >= 15 is 0 Å². The van der Waals surface area contributed by atoms with Crippen LogP contribution in [0.3, 0.4) is 0 Å². The van der Waals surface area contributed by atoms with E-state index in [1.807, 2.05) is 0 Å². The minimum atomic E-state index is -1.86. The summed E-state index contributed by atoms with van der Waals surface area (Å²) in [4.78, 5) is 10.5. The first-order valence-electron chi connectivity index (χ1n) is 3.33. The molecule has 0 aliphatic heterocycles. The number of Topliss-reactive ketones (excluding diaryl/α,β-unsaturated/α-hetero) is 1. The fraction of sp³-hybridized carbons (Fsp3) is 0.833. The maximum Gasteiger partial charge on any atom is 1.00 e. The summed E-state index contributed by atoms with van der Waals surface area (Å²) in [6, 6.07) is 0. The van der Waals surface area contributed by atoms with Crippen molar-refractivity contribution in [2.24, 2.45) is 0 Å². The van der Waals surface area contributed by atoms with Crippen molar-refractivity contribution >= 4 is 5.78 Å². The number of hydrogen-bond acceptors (Lipinski definition) is 6. The Morgan fingerprint density at radius 2 is 1.57 bits per heavy atom. The third kappa shape index (κ3) is 5.99. The van der Waals surface area contributed by atoms with E-state index in [2.05, 4.69) is 0 Å². The number of ketones is 1. The van der Waals surface area contributed by atoms with Crippen LogP contribution in [0.4, 0.5) is 0 Å². The van der Waals surface area contributed by atoms with Crippen LogP contribution in [-0.2, 0) is 4.79 Å². The summed E-state index contributed by atoms with van der Waals surface area (Å²) >= 11 is 0. The smallest absolute Gasteiger partial charge is 1.00 e. The zero-order chi connectivity index (χ0) is 9.72. The zero-order valence-corrected chi connectivity index (χ0v) is 9.67. The Hall–Kier alpha value is 0.400. The van der Waals surface area contributed by atoms with Gasteiger partial charge in [-0.1, -0.05) is 0 Å². The molecule has 0 fully saturated rings. The number of rotatable bonds is 5. The van der Waals surface area contributed by atoms with E-state index < -0.39 is 37.3 Å². The van der Waals surface area contributed by atoms with Gasteiger partial charge in [-0.25, -0.2) is 0 Å². The van der Waals surface area contributed by atoms with Crippen LogP contribution in [0, 0.1) is 0 Å². The van der Waals surface area contributed by atoms with Crippen LogP contribution in [0.15, 0.2) is 0 Å². The molecule has 0 aliphatic rings. The molecular formula is C6H12FNaO6. The zero-order valence-electron chi connectivity index (χ0n) is 7.67. The van der Waals surface area contributed by atoms with Gasteiger partial charge in [-0.2, -0.15) is 0 Å². The Morgan fingerprint density at radius 3 is 1.86 bits per heavy atom. The molecule has 0 aromatic rings. The number of carbonyl (C=O) groups excluding carboxylic acids is 1. The fourth-order valence-electron chi connectivity index (χ4n) is 0.602. The minimum Gasteiger partial charge on any atom is -1.00 e. The number of hydrogen-bond donors (Lipinski definition) is 5. The van der Waals surface area contributed by atoms with Gasteiger partial charge in [0.25, 0.3) is 0 Å². The first kappa shape index (κ1) is 19.9. The summed E-state index contributed by atoms with van der Waals surface area (Å²) in [5.41, 5.74) is 0. The Bertz CT molecular complexity index is 157. The SMILES string of the molecule is O=C(CO)[C@H](O)[C@@H](O)[C@H](O)CO.[F-].[Na+]. The van der Waals surface area contributed by atoms with Gasteiger partial charge in [0.1, 0.15) is 24.9 Å². The van der Waals surface area contributed by atoms with Crippen molar-refractivity contribution in [2.75, 3.05) is 13.2 Å². The average Bonchev–Trinajstić information content (AvgIpc) is 2.12. The Labute approximate surface area is 102 Å². The van der Waals surface area contributed by atoms with Crippen LogP contribution in [0.2, 0.25) is 0 Å². The van der Waals surface area contributed by atoms with Crippen LogP contribution < -0.4 is 34.3 Å². The minimum absolute atomic E-state index is 0. The molecule has 0 rings (SSSR count). The number of halogens is 1. The molecule has 0 heterocycles. The topological polar surface area (TPSA) is 118 Å². The monoisotopic (exact) mass is 222 g/mol. The molecule has 3 atom stereocenters. The van der Waals surface area contributed by atoms with Crippen molar-refractivity contribution < 1.29 is 64.6 Å². The van der Waals surface area contributed by atoms with Gasteiger partial charge in [-0.3, -0.25) is 4.79 Å². The molecule has 8 heteroatoms. The van der Waals surface area contributed by atoms with Crippen molar-refractivity contribution in [1.29, 1.82) is 0 Å². The molecule has 14 heavy (non-hydrogen) atoms. The Kier molecular flexibility index (Phi) is 14.1. The van der Waals surface area contributed by atoms with Gasteiger partial charge < -0.3 is 30.2 Å². The van der Waals surface area contributed by atoms with Crippen LogP contribution in [0.25, 0.3) is 0 Å². The predicted octanol–water partition coefficient (Wildman–Crippen LogP) is -9.37. The van der Waals surface area contributed by atoms with Gasteiger partial charge in [-0.15, -0.1) is 0 Å². The Morgan fingerprint density at radius 1 is 1.14 bits per heavy atom. The third-order valence-corrected chi connectivity index (χ3v) is 1.39. The molecule has 0 spiro atoms. The van der Waals surface area contributed by atoms with Crippen molar-refractivity contribution in [1.82, 2.24) is 0 Å². The molecule has 0 amide bonds. The maximum atomic E-state index is 10.5. The van der Waals surface area contributed by atoms with E-state index in [9.17, 15) is 4.79 Å². The first-order valence-corrected chi connectivity index (χ1v) is 3.33. The molecule has 0 unspecified atom stereocenters. The molecule has 80 valence electrons. The first-order chi connectivity index (χ1) is 5.54. The van der Waals surface area contributed by atoms with Crippen molar-refractivity contribution in [3.05, 3.63) is 0 Å². The van der Waals surface area contributed by atoms with Crippen LogP contribution in [0.5, 0.6) is 0 Å².